The van der Waals surface area contributed by atoms with Crippen LogP contribution in [0.25, 0.3) is 5.70 Å². The second-order valence-electron chi connectivity index (χ2n) is 3.10. The number of benzene rings is 1. The molecular formula is C10H10F4N2S. The number of hydrogen-bond acceptors (Lipinski definition) is 3. The van der Waals surface area contributed by atoms with Gasteiger partial charge in [0.15, 0.2) is 0 Å². The van der Waals surface area contributed by atoms with E-state index in [9.17, 15) is 17.6 Å². The molecular weight excluding hydrogens is 256 g/mol. The van der Waals surface area contributed by atoms with Gasteiger partial charge < -0.3 is 11.5 Å². The molecule has 0 bridgehead atoms. The largest absolute Gasteiger partial charge is 0.416 e. The van der Waals surface area contributed by atoms with Gasteiger partial charge in [0.25, 0.3) is 0 Å². The lowest BCUT2D eigenvalue weighted by Crippen LogP contribution is -2.07. The molecule has 17 heavy (non-hydrogen) atoms. The third kappa shape index (κ3) is 3.64. The molecule has 2 nitrogen and oxygen atoms in total. The van der Waals surface area contributed by atoms with Crippen molar-refractivity contribution >= 4 is 17.5 Å². The topological polar surface area (TPSA) is 52.0 Å². The van der Waals surface area contributed by atoms with Gasteiger partial charge in [0.2, 0.25) is 0 Å². The lowest BCUT2D eigenvalue weighted by atomic mass is 10.1. The SMILES string of the molecule is NCS/C=C(\N)c1ccc(C(F)(F)F)cc1F. The molecule has 1 aromatic rings. The van der Waals surface area contributed by atoms with Gasteiger partial charge in [-0.2, -0.15) is 13.2 Å². The van der Waals surface area contributed by atoms with E-state index in [1.807, 2.05) is 0 Å². The quantitative estimate of drug-likeness (QED) is 0.653. The number of nitrogens with two attached hydrogens (primary N) is 2. The molecule has 4 N–H and O–H groups in total. The Labute approximate surface area is 99.7 Å². The Bertz CT molecular complexity index is 429. The lowest BCUT2D eigenvalue weighted by molar-refractivity contribution is -0.137. The molecule has 0 saturated heterocycles. The first-order valence-corrected chi connectivity index (χ1v) is 5.55. The van der Waals surface area contributed by atoms with Crippen molar-refractivity contribution in [2.75, 3.05) is 5.88 Å². The maximum atomic E-state index is 13.4. The monoisotopic (exact) mass is 266 g/mol. The van der Waals surface area contributed by atoms with Crippen LogP contribution in [0.15, 0.2) is 23.6 Å². The Morgan fingerprint density at radius 1 is 1.35 bits per heavy atom. The van der Waals surface area contributed by atoms with Gasteiger partial charge in [-0.3, -0.25) is 0 Å². The third-order valence-electron chi connectivity index (χ3n) is 1.91. The Morgan fingerprint density at radius 2 is 2.00 bits per heavy atom. The summed E-state index contributed by atoms with van der Waals surface area (Å²) in [4.78, 5) is 0. The van der Waals surface area contributed by atoms with Crippen molar-refractivity contribution in [3.05, 3.63) is 40.6 Å². The average Bonchev–Trinajstić information content (AvgIpc) is 2.24. The maximum absolute atomic E-state index is 13.4. The summed E-state index contributed by atoms with van der Waals surface area (Å²) in [5.74, 6) is -0.755. The molecule has 0 fully saturated rings. The van der Waals surface area contributed by atoms with Gasteiger partial charge in [-0.1, -0.05) is 0 Å². The summed E-state index contributed by atoms with van der Waals surface area (Å²) in [5.41, 5.74) is 9.63. The zero-order chi connectivity index (χ0) is 13.1. The van der Waals surface area contributed by atoms with Crippen LogP contribution in [0.4, 0.5) is 17.6 Å². The molecule has 0 saturated carbocycles. The van der Waals surface area contributed by atoms with Crippen LogP contribution in [0.2, 0.25) is 0 Å². The van der Waals surface area contributed by atoms with Crippen LogP contribution in [0.5, 0.6) is 0 Å². The zero-order valence-electron chi connectivity index (χ0n) is 8.59. The van der Waals surface area contributed by atoms with Crippen molar-refractivity contribution in [2.24, 2.45) is 11.5 Å². The van der Waals surface area contributed by atoms with E-state index >= 15 is 0 Å². The van der Waals surface area contributed by atoms with Crippen molar-refractivity contribution in [2.45, 2.75) is 6.18 Å². The molecule has 94 valence electrons. The Hall–Kier alpha value is -1.21. The van der Waals surface area contributed by atoms with E-state index in [0.717, 1.165) is 23.9 Å². The summed E-state index contributed by atoms with van der Waals surface area (Å²) in [6, 6.07) is 2.20. The van der Waals surface area contributed by atoms with Crippen LogP contribution in [-0.2, 0) is 6.18 Å². The predicted molar refractivity (Wildman–Crippen MR) is 60.2 cm³/mol. The first-order chi connectivity index (χ1) is 7.86. The molecule has 0 aliphatic carbocycles. The van der Waals surface area contributed by atoms with Crippen LogP contribution in [0, 0.1) is 5.82 Å². The minimum absolute atomic E-state index is 0.0478. The molecule has 0 radical (unpaired) electrons. The predicted octanol–water partition coefficient (Wildman–Crippen LogP) is 2.75. The number of halogens is 4. The number of thioether (sulfide) groups is 1. The van der Waals surface area contributed by atoms with E-state index in [0.29, 0.717) is 6.07 Å². The second-order valence-corrected chi connectivity index (χ2v) is 4.00. The van der Waals surface area contributed by atoms with E-state index < -0.39 is 17.6 Å². The van der Waals surface area contributed by atoms with Crippen molar-refractivity contribution < 1.29 is 17.6 Å². The Morgan fingerprint density at radius 3 is 2.47 bits per heavy atom. The summed E-state index contributed by atoms with van der Waals surface area (Å²) < 4.78 is 50.2. The van der Waals surface area contributed by atoms with Gasteiger partial charge in [-0.05, 0) is 23.6 Å². The molecule has 0 aromatic heterocycles. The molecule has 0 amide bonds. The van der Waals surface area contributed by atoms with Crippen molar-refractivity contribution in [3.63, 3.8) is 0 Å². The molecule has 0 atom stereocenters. The minimum atomic E-state index is -4.57. The normalized spacial score (nSPS) is 12.9. The molecule has 0 spiro atoms. The Balaban J connectivity index is 3.06. The number of alkyl halides is 3. The Kier molecular flexibility index (Phi) is 4.41. The standard InChI is InChI=1S/C10H10F4N2S/c11-8-3-6(10(12,13)14)1-2-7(8)9(16)4-17-5-15/h1-4H,5,15-16H2/b9-4-. The fourth-order valence-corrected chi connectivity index (χ4v) is 1.53. The highest BCUT2D eigenvalue weighted by atomic mass is 32.2. The molecule has 0 aliphatic heterocycles. The third-order valence-corrected chi connectivity index (χ3v) is 2.53. The lowest BCUT2D eigenvalue weighted by Gasteiger charge is -2.09. The molecule has 7 heteroatoms. The van der Waals surface area contributed by atoms with E-state index in [1.165, 1.54) is 5.41 Å². The van der Waals surface area contributed by atoms with Gasteiger partial charge >= 0.3 is 6.18 Å². The summed E-state index contributed by atoms with van der Waals surface area (Å²) in [6.07, 6.45) is -4.57. The highest BCUT2D eigenvalue weighted by Gasteiger charge is 2.31. The second kappa shape index (κ2) is 5.42. The molecule has 0 unspecified atom stereocenters. The fraction of sp³-hybridized carbons (Fsp3) is 0.200. The minimum Gasteiger partial charge on any atom is -0.398 e. The van der Waals surface area contributed by atoms with Crippen molar-refractivity contribution in [1.29, 1.82) is 0 Å². The van der Waals surface area contributed by atoms with E-state index in [1.54, 1.807) is 0 Å². The van der Waals surface area contributed by atoms with Crippen LogP contribution < -0.4 is 11.5 Å². The summed E-state index contributed by atoms with van der Waals surface area (Å²) in [5, 5.41) is 1.39. The van der Waals surface area contributed by atoms with Gasteiger partial charge in [-0.25, -0.2) is 4.39 Å². The van der Waals surface area contributed by atoms with E-state index in [-0.39, 0.29) is 17.1 Å². The number of hydrogen-bond donors (Lipinski definition) is 2. The van der Waals surface area contributed by atoms with Crippen LogP contribution >= 0.6 is 11.8 Å². The molecule has 1 aromatic carbocycles. The molecule has 0 heterocycles. The summed E-state index contributed by atoms with van der Waals surface area (Å²) in [6.45, 7) is 0. The first-order valence-electron chi connectivity index (χ1n) is 4.50. The summed E-state index contributed by atoms with van der Waals surface area (Å²) >= 11 is 1.13. The average molecular weight is 266 g/mol. The number of rotatable bonds is 3. The smallest absolute Gasteiger partial charge is 0.398 e. The maximum Gasteiger partial charge on any atom is 0.416 e. The van der Waals surface area contributed by atoms with E-state index in [2.05, 4.69) is 0 Å². The fourth-order valence-electron chi connectivity index (χ4n) is 1.13. The molecule has 0 aliphatic rings. The summed E-state index contributed by atoms with van der Waals surface area (Å²) in [7, 11) is 0. The highest BCUT2D eigenvalue weighted by Crippen LogP contribution is 2.31. The van der Waals surface area contributed by atoms with Crippen molar-refractivity contribution in [1.82, 2.24) is 0 Å². The van der Waals surface area contributed by atoms with Crippen LogP contribution in [-0.4, -0.2) is 5.88 Å². The zero-order valence-corrected chi connectivity index (χ0v) is 9.41. The van der Waals surface area contributed by atoms with Gasteiger partial charge in [0.05, 0.1) is 5.56 Å². The van der Waals surface area contributed by atoms with Gasteiger partial charge in [0, 0.05) is 17.1 Å². The first kappa shape index (κ1) is 13.9. The van der Waals surface area contributed by atoms with Crippen LogP contribution in [0.1, 0.15) is 11.1 Å². The van der Waals surface area contributed by atoms with E-state index in [4.69, 9.17) is 11.5 Å². The van der Waals surface area contributed by atoms with Crippen LogP contribution in [0.3, 0.4) is 0 Å². The van der Waals surface area contributed by atoms with Gasteiger partial charge in [0.1, 0.15) is 5.82 Å². The highest BCUT2D eigenvalue weighted by molar-refractivity contribution is 8.02. The van der Waals surface area contributed by atoms with Crippen molar-refractivity contribution in [3.8, 4) is 0 Å². The molecule has 1 rings (SSSR count). The van der Waals surface area contributed by atoms with Gasteiger partial charge in [-0.15, -0.1) is 11.8 Å².